The molecule has 1 fully saturated rings. The Morgan fingerprint density at radius 3 is 2.88 bits per heavy atom. The van der Waals surface area contributed by atoms with Crippen LogP contribution in [0.25, 0.3) is 11.4 Å². The second kappa shape index (κ2) is 6.56. The van der Waals surface area contributed by atoms with Gasteiger partial charge in [-0.3, -0.25) is 4.79 Å². The van der Waals surface area contributed by atoms with Gasteiger partial charge in [0.25, 0.3) is 0 Å². The molecule has 0 unspecified atom stereocenters. The number of hydrogen-bond donors (Lipinski definition) is 1. The number of rotatable bonds is 5. The highest BCUT2D eigenvalue weighted by Crippen LogP contribution is 2.30. The van der Waals surface area contributed by atoms with Gasteiger partial charge in [0.05, 0.1) is 5.56 Å². The van der Waals surface area contributed by atoms with Gasteiger partial charge in [-0.05, 0) is 31.0 Å². The molecule has 1 amide bonds. The fraction of sp³-hybridized carbons (Fsp3) is 0.438. The number of primary amides is 1. The number of aromatic nitrogens is 3. The van der Waals surface area contributed by atoms with Crippen molar-refractivity contribution < 1.29 is 13.9 Å². The highest BCUT2D eigenvalue weighted by Gasteiger charge is 2.26. The Morgan fingerprint density at radius 2 is 2.29 bits per heavy atom. The number of hydrogen-bond acceptors (Lipinski definition) is 5. The van der Waals surface area contributed by atoms with E-state index in [4.69, 9.17) is 10.5 Å². The van der Waals surface area contributed by atoms with E-state index in [9.17, 15) is 9.18 Å². The van der Waals surface area contributed by atoms with Gasteiger partial charge in [0.1, 0.15) is 18.5 Å². The van der Waals surface area contributed by atoms with E-state index in [2.05, 4.69) is 10.1 Å². The summed E-state index contributed by atoms with van der Waals surface area (Å²) in [6.45, 7) is 0.523. The first-order valence-electron chi connectivity index (χ1n) is 7.77. The van der Waals surface area contributed by atoms with Crippen molar-refractivity contribution in [2.45, 2.75) is 25.5 Å². The van der Waals surface area contributed by atoms with Crippen LogP contribution in [-0.4, -0.2) is 41.4 Å². The number of anilines is 1. The number of benzene rings is 1. The van der Waals surface area contributed by atoms with Gasteiger partial charge in [-0.15, -0.1) is 0 Å². The topological polar surface area (TPSA) is 86.3 Å². The minimum atomic E-state index is -0.533. The molecule has 0 bridgehead atoms. The minimum Gasteiger partial charge on any atom is -0.378 e. The van der Waals surface area contributed by atoms with Crippen molar-refractivity contribution in [2.75, 3.05) is 25.6 Å². The van der Waals surface area contributed by atoms with E-state index in [0.717, 1.165) is 18.5 Å². The monoisotopic (exact) mass is 333 g/mol. The molecule has 24 heavy (non-hydrogen) atoms. The predicted octanol–water partition coefficient (Wildman–Crippen LogP) is 1.49. The number of nitrogens with two attached hydrogens (primary N) is 1. The molecule has 1 atom stereocenters. The Hall–Kier alpha value is -2.48. The normalized spacial score (nSPS) is 17.2. The molecule has 0 spiro atoms. The van der Waals surface area contributed by atoms with Gasteiger partial charge in [0.2, 0.25) is 5.91 Å². The van der Waals surface area contributed by atoms with E-state index in [-0.39, 0.29) is 24.0 Å². The summed E-state index contributed by atoms with van der Waals surface area (Å²) in [6, 6.07) is 4.85. The van der Waals surface area contributed by atoms with E-state index in [0.29, 0.717) is 12.4 Å². The maximum absolute atomic E-state index is 14.4. The van der Waals surface area contributed by atoms with E-state index < -0.39 is 11.7 Å². The largest absolute Gasteiger partial charge is 0.378 e. The Balaban J connectivity index is 2.00. The Morgan fingerprint density at radius 1 is 1.50 bits per heavy atom. The van der Waals surface area contributed by atoms with E-state index in [1.807, 2.05) is 19.0 Å². The SMILES string of the molecule is CN(C)c1ccc(-c2nc([C@H]3CCCO3)n(CC(N)=O)n2)c(F)c1. The third-order valence-electron chi connectivity index (χ3n) is 3.93. The maximum atomic E-state index is 14.4. The third kappa shape index (κ3) is 3.23. The number of halogens is 1. The van der Waals surface area contributed by atoms with E-state index in [1.165, 1.54) is 10.7 Å². The molecule has 8 heteroatoms. The van der Waals surface area contributed by atoms with Crippen molar-refractivity contribution in [2.24, 2.45) is 5.73 Å². The minimum absolute atomic E-state index is 0.112. The first-order valence-corrected chi connectivity index (χ1v) is 7.77. The average Bonchev–Trinajstić information content (AvgIpc) is 3.15. The second-order valence-electron chi connectivity index (χ2n) is 5.98. The lowest BCUT2D eigenvalue weighted by molar-refractivity contribution is -0.118. The Labute approximate surface area is 139 Å². The number of carbonyl (C=O) groups is 1. The van der Waals surface area contributed by atoms with Crippen LogP contribution in [0.15, 0.2) is 18.2 Å². The van der Waals surface area contributed by atoms with Crippen LogP contribution in [0.3, 0.4) is 0 Å². The number of nitrogens with zero attached hydrogens (tertiary/aromatic N) is 4. The molecule has 1 saturated heterocycles. The van der Waals surface area contributed by atoms with Gasteiger partial charge in [0, 0.05) is 26.4 Å². The van der Waals surface area contributed by atoms with Crippen LogP contribution in [0.5, 0.6) is 0 Å². The first-order chi connectivity index (χ1) is 11.5. The van der Waals surface area contributed by atoms with Gasteiger partial charge in [-0.1, -0.05) is 0 Å². The van der Waals surface area contributed by atoms with Crippen molar-refractivity contribution in [1.29, 1.82) is 0 Å². The number of ether oxygens (including phenoxy) is 1. The van der Waals surface area contributed by atoms with Crippen LogP contribution in [0.4, 0.5) is 10.1 Å². The van der Waals surface area contributed by atoms with Crippen molar-refractivity contribution in [1.82, 2.24) is 14.8 Å². The summed E-state index contributed by atoms with van der Waals surface area (Å²) in [4.78, 5) is 17.5. The second-order valence-corrected chi connectivity index (χ2v) is 5.98. The molecule has 0 aliphatic carbocycles. The van der Waals surface area contributed by atoms with Gasteiger partial charge in [0.15, 0.2) is 11.6 Å². The van der Waals surface area contributed by atoms with Gasteiger partial charge < -0.3 is 15.4 Å². The zero-order valence-corrected chi connectivity index (χ0v) is 13.7. The van der Waals surface area contributed by atoms with E-state index >= 15 is 0 Å². The molecule has 1 aliphatic rings. The predicted molar refractivity (Wildman–Crippen MR) is 86.9 cm³/mol. The fourth-order valence-corrected chi connectivity index (χ4v) is 2.72. The lowest BCUT2D eigenvalue weighted by Crippen LogP contribution is -2.22. The van der Waals surface area contributed by atoms with Gasteiger partial charge >= 0.3 is 0 Å². The zero-order valence-electron chi connectivity index (χ0n) is 13.7. The molecule has 128 valence electrons. The average molecular weight is 333 g/mol. The van der Waals surface area contributed by atoms with Crippen LogP contribution in [0.1, 0.15) is 24.8 Å². The quantitative estimate of drug-likeness (QED) is 0.896. The maximum Gasteiger partial charge on any atom is 0.239 e. The molecule has 1 aromatic carbocycles. The Kier molecular flexibility index (Phi) is 4.48. The Bertz CT molecular complexity index is 753. The van der Waals surface area contributed by atoms with Gasteiger partial charge in [-0.25, -0.2) is 14.1 Å². The summed E-state index contributed by atoms with van der Waals surface area (Å²) in [6.07, 6.45) is 1.46. The zero-order chi connectivity index (χ0) is 17.3. The van der Waals surface area contributed by atoms with Crippen LogP contribution >= 0.6 is 0 Å². The smallest absolute Gasteiger partial charge is 0.239 e. The molecule has 0 saturated carbocycles. The summed E-state index contributed by atoms with van der Waals surface area (Å²) in [5.74, 6) is -0.215. The molecule has 3 rings (SSSR count). The van der Waals surface area contributed by atoms with Crippen LogP contribution < -0.4 is 10.6 Å². The van der Waals surface area contributed by atoms with Crippen molar-refractivity contribution in [3.8, 4) is 11.4 Å². The molecular weight excluding hydrogens is 313 g/mol. The first kappa shape index (κ1) is 16.4. The van der Waals surface area contributed by atoms with Crippen molar-refractivity contribution in [3.63, 3.8) is 0 Å². The van der Waals surface area contributed by atoms with Gasteiger partial charge in [-0.2, -0.15) is 5.10 Å². The summed E-state index contributed by atoms with van der Waals surface area (Å²) in [7, 11) is 3.67. The number of carbonyl (C=O) groups excluding carboxylic acids is 1. The standard InChI is InChI=1S/C16H20FN5O2/c1-21(2)10-5-6-11(12(17)8-10)15-19-16(13-4-3-7-24-13)22(20-15)9-14(18)23/h5-6,8,13H,3-4,7,9H2,1-2H3,(H2,18,23)/t13-/m1/s1. The number of amides is 1. The third-order valence-corrected chi connectivity index (χ3v) is 3.93. The lowest BCUT2D eigenvalue weighted by Gasteiger charge is -2.12. The molecular formula is C16H20FN5O2. The summed E-state index contributed by atoms with van der Waals surface area (Å²) in [5.41, 5.74) is 6.30. The van der Waals surface area contributed by atoms with Crippen molar-refractivity contribution >= 4 is 11.6 Å². The molecule has 0 radical (unpaired) electrons. The molecule has 1 aromatic heterocycles. The highest BCUT2D eigenvalue weighted by atomic mass is 19.1. The van der Waals surface area contributed by atoms with E-state index in [1.54, 1.807) is 12.1 Å². The van der Waals surface area contributed by atoms with Crippen molar-refractivity contribution in [3.05, 3.63) is 29.8 Å². The molecule has 7 nitrogen and oxygen atoms in total. The summed E-state index contributed by atoms with van der Waals surface area (Å²) >= 11 is 0. The summed E-state index contributed by atoms with van der Waals surface area (Å²) < 4.78 is 21.5. The summed E-state index contributed by atoms with van der Waals surface area (Å²) in [5, 5.41) is 4.27. The lowest BCUT2D eigenvalue weighted by atomic mass is 10.1. The fourth-order valence-electron chi connectivity index (χ4n) is 2.72. The highest BCUT2D eigenvalue weighted by molar-refractivity contribution is 5.73. The molecule has 2 N–H and O–H groups in total. The molecule has 1 aliphatic heterocycles. The van der Waals surface area contributed by atoms with Crippen LogP contribution in [-0.2, 0) is 16.1 Å². The van der Waals surface area contributed by atoms with Crippen LogP contribution in [0.2, 0.25) is 0 Å². The molecule has 2 heterocycles. The van der Waals surface area contributed by atoms with Crippen LogP contribution in [0, 0.1) is 5.82 Å². The molecule has 2 aromatic rings.